The lowest BCUT2D eigenvalue weighted by Gasteiger charge is -2.25. The van der Waals surface area contributed by atoms with Gasteiger partial charge in [0.05, 0.1) is 0 Å². The SMILES string of the molecule is CC(C)C1NC(=O)CCN(CCc2cccs2)C1=O. The van der Waals surface area contributed by atoms with Gasteiger partial charge in [-0.25, -0.2) is 0 Å². The van der Waals surface area contributed by atoms with E-state index in [4.69, 9.17) is 0 Å². The second-order valence-corrected chi connectivity index (χ2v) is 6.23. The van der Waals surface area contributed by atoms with Crippen LogP contribution in [0, 0.1) is 5.92 Å². The van der Waals surface area contributed by atoms with Crippen LogP contribution in [0.1, 0.15) is 25.1 Å². The third kappa shape index (κ3) is 3.56. The monoisotopic (exact) mass is 280 g/mol. The number of hydrogen-bond donors (Lipinski definition) is 1. The zero-order valence-corrected chi connectivity index (χ0v) is 12.2. The van der Waals surface area contributed by atoms with Crippen molar-refractivity contribution in [1.82, 2.24) is 10.2 Å². The van der Waals surface area contributed by atoms with Gasteiger partial charge in [-0.1, -0.05) is 19.9 Å². The standard InChI is InChI=1S/C14H20N2O2S/c1-10(2)13-14(18)16(8-6-12(17)15-13)7-5-11-4-3-9-19-11/h3-4,9-10,13H,5-8H2,1-2H3,(H,15,17). The van der Waals surface area contributed by atoms with Crippen LogP contribution in [0.25, 0.3) is 0 Å². The van der Waals surface area contributed by atoms with Gasteiger partial charge < -0.3 is 10.2 Å². The van der Waals surface area contributed by atoms with Crippen LogP contribution in [0.4, 0.5) is 0 Å². The van der Waals surface area contributed by atoms with Crippen molar-refractivity contribution in [2.45, 2.75) is 32.7 Å². The Kier molecular flexibility index (Phi) is 4.58. The molecule has 1 aromatic heterocycles. The van der Waals surface area contributed by atoms with Gasteiger partial charge in [0.15, 0.2) is 0 Å². The number of nitrogens with one attached hydrogen (secondary N) is 1. The highest BCUT2D eigenvalue weighted by Crippen LogP contribution is 2.14. The molecule has 1 aromatic rings. The zero-order chi connectivity index (χ0) is 13.8. The summed E-state index contributed by atoms with van der Waals surface area (Å²) in [6, 6.07) is 3.72. The van der Waals surface area contributed by atoms with E-state index in [1.165, 1.54) is 4.88 Å². The molecular formula is C14H20N2O2S. The molecular weight excluding hydrogens is 260 g/mol. The molecule has 0 spiro atoms. The Bertz CT molecular complexity index is 442. The van der Waals surface area contributed by atoms with Gasteiger partial charge in [-0.3, -0.25) is 9.59 Å². The molecule has 1 saturated heterocycles. The van der Waals surface area contributed by atoms with Crippen LogP contribution in [0.5, 0.6) is 0 Å². The molecule has 1 atom stereocenters. The third-order valence-electron chi connectivity index (χ3n) is 3.38. The Morgan fingerprint density at radius 1 is 1.47 bits per heavy atom. The molecule has 1 fully saturated rings. The Morgan fingerprint density at radius 2 is 2.26 bits per heavy atom. The van der Waals surface area contributed by atoms with Crippen LogP contribution in [0.3, 0.4) is 0 Å². The van der Waals surface area contributed by atoms with E-state index in [1.807, 2.05) is 30.2 Å². The topological polar surface area (TPSA) is 49.4 Å². The molecule has 1 aliphatic rings. The first-order valence-electron chi connectivity index (χ1n) is 6.68. The first-order valence-corrected chi connectivity index (χ1v) is 7.56. The number of amides is 2. The van der Waals surface area contributed by atoms with Crippen molar-refractivity contribution in [3.8, 4) is 0 Å². The van der Waals surface area contributed by atoms with Crippen LogP contribution in [0.2, 0.25) is 0 Å². The summed E-state index contributed by atoms with van der Waals surface area (Å²) in [6.07, 6.45) is 1.27. The maximum Gasteiger partial charge on any atom is 0.245 e. The molecule has 0 bridgehead atoms. The third-order valence-corrected chi connectivity index (χ3v) is 4.31. The minimum absolute atomic E-state index is 0.0225. The lowest BCUT2D eigenvalue weighted by Crippen LogP contribution is -2.48. The molecule has 5 heteroatoms. The van der Waals surface area contributed by atoms with Gasteiger partial charge in [0.25, 0.3) is 0 Å². The van der Waals surface area contributed by atoms with E-state index in [2.05, 4.69) is 11.4 Å². The number of nitrogens with zero attached hydrogens (tertiary/aromatic N) is 1. The van der Waals surface area contributed by atoms with Crippen molar-refractivity contribution >= 4 is 23.2 Å². The van der Waals surface area contributed by atoms with Crippen molar-refractivity contribution in [2.75, 3.05) is 13.1 Å². The summed E-state index contributed by atoms with van der Waals surface area (Å²) in [4.78, 5) is 27.1. The number of carbonyl (C=O) groups excluding carboxylic acids is 2. The summed E-state index contributed by atoms with van der Waals surface area (Å²) < 4.78 is 0. The highest BCUT2D eigenvalue weighted by molar-refractivity contribution is 7.09. The lowest BCUT2D eigenvalue weighted by atomic mass is 10.0. The number of hydrogen-bond acceptors (Lipinski definition) is 3. The Balaban J connectivity index is 2.01. The van der Waals surface area contributed by atoms with Gasteiger partial charge in [0, 0.05) is 24.4 Å². The molecule has 1 aliphatic heterocycles. The Hall–Kier alpha value is -1.36. The molecule has 0 aromatic carbocycles. The molecule has 1 N–H and O–H groups in total. The predicted octanol–water partition coefficient (Wildman–Crippen LogP) is 1.66. The van der Waals surface area contributed by atoms with E-state index in [-0.39, 0.29) is 23.8 Å². The fourth-order valence-electron chi connectivity index (χ4n) is 2.22. The maximum atomic E-state index is 12.4. The van der Waals surface area contributed by atoms with E-state index in [1.54, 1.807) is 11.3 Å². The smallest absolute Gasteiger partial charge is 0.245 e. The second-order valence-electron chi connectivity index (χ2n) is 5.19. The van der Waals surface area contributed by atoms with Crippen molar-refractivity contribution in [1.29, 1.82) is 0 Å². The number of thiophene rings is 1. The summed E-state index contributed by atoms with van der Waals surface area (Å²) in [5.74, 6) is 0.155. The van der Waals surface area contributed by atoms with Gasteiger partial charge >= 0.3 is 0 Å². The van der Waals surface area contributed by atoms with Crippen LogP contribution in [-0.4, -0.2) is 35.8 Å². The number of carbonyl (C=O) groups is 2. The summed E-state index contributed by atoms with van der Waals surface area (Å²) >= 11 is 1.71. The first-order chi connectivity index (χ1) is 9.08. The fourth-order valence-corrected chi connectivity index (χ4v) is 2.92. The van der Waals surface area contributed by atoms with E-state index in [0.29, 0.717) is 19.5 Å². The van der Waals surface area contributed by atoms with Crippen molar-refractivity contribution < 1.29 is 9.59 Å². The Morgan fingerprint density at radius 3 is 2.89 bits per heavy atom. The van der Waals surface area contributed by atoms with Crippen LogP contribution in [0.15, 0.2) is 17.5 Å². The minimum atomic E-state index is -0.377. The van der Waals surface area contributed by atoms with Gasteiger partial charge in [0.2, 0.25) is 11.8 Å². The highest BCUT2D eigenvalue weighted by Gasteiger charge is 2.31. The molecule has 2 amide bonds. The molecule has 19 heavy (non-hydrogen) atoms. The molecule has 2 rings (SSSR count). The van der Waals surface area contributed by atoms with Gasteiger partial charge in [-0.05, 0) is 23.8 Å². The van der Waals surface area contributed by atoms with Gasteiger partial charge in [0.1, 0.15) is 6.04 Å². The molecule has 0 radical (unpaired) electrons. The lowest BCUT2D eigenvalue weighted by molar-refractivity contribution is -0.134. The number of rotatable bonds is 4. The average molecular weight is 280 g/mol. The molecule has 0 saturated carbocycles. The van der Waals surface area contributed by atoms with E-state index >= 15 is 0 Å². The predicted molar refractivity (Wildman–Crippen MR) is 76.0 cm³/mol. The average Bonchev–Trinajstić information content (AvgIpc) is 2.83. The summed E-state index contributed by atoms with van der Waals surface area (Å²) in [5.41, 5.74) is 0. The maximum absolute atomic E-state index is 12.4. The second kappa shape index (κ2) is 6.19. The molecule has 4 nitrogen and oxygen atoms in total. The summed E-state index contributed by atoms with van der Waals surface area (Å²) in [6.45, 7) is 5.15. The van der Waals surface area contributed by atoms with Crippen molar-refractivity contribution in [3.05, 3.63) is 22.4 Å². The molecule has 2 heterocycles. The first kappa shape index (κ1) is 14.1. The molecule has 1 unspecified atom stereocenters. The van der Waals surface area contributed by atoms with Crippen LogP contribution in [-0.2, 0) is 16.0 Å². The molecule has 0 aliphatic carbocycles. The normalized spacial score (nSPS) is 20.6. The van der Waals surface area contributed by atoms with Gasteiger partial charge in [-0.15, -0.1) is 11.3 Å². The fraction of sp³-hybridized carbons (Fsp3) is 0.571. The van der Waals surface area contributed by atoms with Crippen LogP contribution < -0.4 is 5.32 Å². The van der Waals surface area contributed by atoms with Crippen molar-refractivity contribution in [2.24, 2.45) is 5.92 Å². The summed E-state index contributed by atoms with van der Waals surface area (Å²) in [7, 11) is 0. The quantitative estimate of drug-likeness (QED) is 0.912. The molecule has 104 valence electrons. The van der Waals surface area contributed by atoms with Gasteiger partial charge in [-0.2, -0.15) is 0 Å². The highest BCUT2D eigenvalue weighted by atomic mass is 32.1. The van der Waals surface area contributed by atoms with Crippen LogP contribution >= 0.6 is 11.3 Å². The van der Waals surface area contributed by atoms with E-state index in [9.17, 15) is 9.59 Å². The van der Waals surface area contributed by atoms with E-state index < -0.39 is 0 Å². The Labute approximate surface area is 117 Å². The van der Waals surface area contributed by atoms with Crippen molar-refractivity contribution in [3.63, 3.8) is 0 Å². The summed E-state index contributed by atoms with van der Waals surface area (Å²) in [5, 5.41) is 4.87. The minimum Gasteiger partial charge on any atom is -0.344 e. The zero-order valence-electron chi connectivity index (χ0n) is 11.4. The largest absolute Gasteiger partial charge is 0.344 e. The van der Waals surface area contributed by atoms with E-state index in [0.717, 1.165) is 6.42 Å².